The maximum absolute atomic E-state index is 13.5. The van der Waals surface area contributed by atoms with Crippen molar-refractivity contribution in [1.29, 1.82) is 0 Å². The highest BCUT2D eigenvalue weighted by molar-refractivity contribution is 6.42. The average molecular weight is 509 g/mol. The topological polar surface area (TPSA) is 65.1 Å². The summed E-state index contributed by atoms with van der Waals surface area (Å²) in [5.41, 5.74) is 8.10. The molecule has 0 bridgehead atoms. The van der Waals surface area contributed by atoms with Gasteiger partial charge in [0.25, 0.3) is 0 Å². The number of aromatic nitrogens is 2. The predicted octanol–water partition coefficient (Wildman–Crippen LogP) is 7.83. The molecular formula is C34H24N2O3. The Bertz CT molecular complexity index is 1940. The van der Waals surface area contributed by atoms with Crippen molar-refractivity contribution < 1.29 is 14.0 Å². The number of allylic oxidation sites excluding steroid dienone is 1. The van der Waals surface area contributed by atoms with E-state index in [-0.39, 0.29) is 17.1 Å². The Balaban J connectivity index is 1.41. The van der Waals surface area contributed by atoms with Crippen molar-refractivity contribution in [3.05, 3.63) is 124 Å². The molecule has 188 valence electrons. The third kappa shape index (κ3) is 3.58. The predicted molar refractivity (Wildman–Crippen MR) is 154 cm³/mol. The molecule has 0 spiro atoms. The summed E-state index contributed by atoms with van der Waals surface area (Å²) in [5.74, 6) is 0.0153. The fourth-order valence-corrected chi connectivity index (χ4v) is 5.77. The Morgan fingerprint density at radius 3 is 1.95 bits per heavy atom. The zero-order valence-corrected chi connectivity index (χ0v) is 21.8. The van der Waals surface area contributed by atoms with Gasteiger partial charge in [-0.3, -0.25) is 14.2 Å². The molecule has 0 saturated heterocycles. The molecule has 4 aromatic carbocycles. The molecule has 0 radical (unpaired) electrons. The molecule has 0 amide bonds. The van der Waals surface area contributed by atoms with Gasteiger partial charge < -0.3 is 4.42 Å². The van der Waals surface area contributed by atoms with E-state index in [1.807, 2.05) is 77.4 Å². The van der Waals surface area contributed by atoms with Crippen LogP contribution in [0.3, 0.4) is 0 Å². The van der Waals surface area contributed by atoms with Crippen molar-refractivity contribution in [2.24, 2.45) is 0 Å². The zero-order valence-electron chi connectivity index (χ0n) is 21.8. The van der Waals surface area contributed by atoms with Gasteiger partial charge in [0.15, 0.2) is 22.8 Å². The number of oxazole rings is 1. The van der Waals surface area contributed by atoms with Gasteiger partial charge >= 0.3 is 0 Å². The summed E-state index contributed by atoms with van der Waals surface area (Å²) in [7, 11) is 0. The lowest BCUT2D eigenvalue weighted by molar-refractivity contribution is 0.0990. The number of rotatable bonds is 3. The molecule has 2 heterocycles. The summed E-state index contributed by atoms with van der Waals surface area (Å²) in [6, 6.07) is 27.2. The minimum absolute atomic E-state index is 0.142. The Kier molecular flexibility index (Phi) is 5.04. The lowest BCUT2D eigenvalue weighted by Gasteiger charge is -2.09. The number of ketones is 2. The molecule has 0 saturated carbocycles. The van der Waals surface area contributed by atoms with Crippen LogP contribution in [0.2, 0.25) is 0 Å². The van der Waals surface area contributed by atoms with Gasteiger partial charge in [-0.05, 0) is 73.0 Å². The minimum Gasteiger partial charge on any atom is -0.434 e. The van der Waals surface area contributed by atoms with E-state index >= 15 is 0 Å². The third-order valence-corrected chi connectivity index (χ3v) is 7.45. The van der Waals surface area contributed by atoms with Crippen LogP contribution in [0.1, 0.15) is 43.1 Å². The number of nitrogens with zero attached hydrogens (tertiary/aromatic N) is 2. The third-order valence-electron chi connectivity index (χ3n) is 7.45. The van der Waals surface area contributed by atoms with Crippen molar-refractivity contribution in [2.45, 2.75) is 20.8 Å². The lowest BCUT2D eigenvalue weighted by Crippen LogP contribution is -2.03. The maximum Gasteiger partial charge on any atom is 0.229 e. The number of carbonyl (C=O) groups is 2. The first-order valence-corrected chi connectivity index (χ1v) is 12.9. The Morgan fingerprint density at radius 1 is 0.744 bits per heavy atom. The summed E-state index contributed by atoms with van der Waals surface area (Å²) in [5, 5.41) is 1.87. The number of hydrogen-bond donors (Lipinski definition) is 0. The van der Waals surface area contributed by atoms with E-state index in [1.54, 1.807) is 6.08 Å². The van der Waals surface area contributed by atoms with Crippen LogP contribution in [-0.2, 0) is 0 Å². The fraction of sp³-hybridized carbons (Fsp3) is 0.0882. The lowest BCUT2D eigenvalue weighted by atomic mass is 10.00. The van der Waals surface area contributed by atoms with E-state index in [2.05, 4.69) is 32.9 Å². The summed E-state index contributed by atoms with van der Waals surface area (Å²) < 4.78 is 8.24. The molecule has 5 heteroatoms. The van der Waals surface area contributed by atoms with Gasteiger partial charge in [0.1, 0.15) is 0 Å². The van der Waals surface area contributed by atoms with Gasteiger partial charge in [-0.2, -0.15) is 4.98 Å². The SMILES string of the molecule is Cc1cc(C)c(-c2nc3c(cc(C=C4C(=O)c5cc6ccccc6cc5C4=O)n3-c3ccccc3)o2)c(C)c1. The molecule has 6 aromatic rings. The minimum atomic E-state index is -0.266. The first-order chi connectivity index (χ1) is 18.9. The monoisotopic (exact) mass is 508 g/mol. The van der Waals surface area contributed by atoms with Crippen LogP contribution in [0.25, 0.3) is 45.2 Å². The van der Waals surface area contributed by atoms with Crippen LogP contribution < -0.4 is 0 Å². The van der Waals surface area contributed by atoms with Crippen LogP contribution in [0.5, 0.6) is 0 Å². The normalized spacial score (nSPS) is 13.1. The molecule has 2 aromatic heterocycles. The van der Waals surface area contributed by atoms with E-state index in [9.17, 15) is 9.59 Å². The molecule has 0 atom stereocenters. The van der Waals surface area contributed by atoms with E-state index in [1.165, 1.54) is 5.56 Å². The van der Waals surface area contributed by atoms with Gasteiger partial charge in [0.05, 0.1) is 11.3 Å². The van der Waals surface area contributed by atoms with Gasteiger partial charge in [0, 0.05) is 28.4 Å². The highest BCUT2D eigenvalue weighted by Gasteiger charge is 2.34. The number of fused-ring (bicyclic) bond motifs is 3. The van der Waals surface area contributed by atoms with Gasteiger partial charge in [-0.25, -0.2) is 0 Å². The largest absolute Gasteiger partial charge is 0.434 e. The summed E-state index contributed by atoms with van der Waals surface area (Å²) in [6.45, 7) is 6.19. The smallest absolute Gasteiger partial charge is 0.229 e. The highest BCUT2D eigenvalue weighted by Crippen LogP contribution is 2.36. The highest BCUT2D eigenvalue weighted by atomic mass is 16.3. The van der Waals surface area contributed by atoms with Crippen molar-refractivity contribution in [1.82, 2.24) is 9.55 Å². The van der Waals surface area contributed by atoms with E-state index in [0.29, 0.717) is 33.9 Å². The van der Waals surface area contributed by atoms with E-state index in [4.69, 9.17) is 9.40 Å². The Labute approximate surface area is 225 Å². The number of carbonyl (C=O) groups excluding carboxylic acids is 2. The average Bonchev–Trinajstić information content (AvgIpc) is 3.53. The second-order valence-electron chi connectivity index (χ2n) is 10.2. The second kappa shape index (κ2) is 8.50. The molecule has 0 fully saturated rings. The van der Waals surface area contributed by atoms with Crippen molar-refractivity contribution in [2.75, 3.05) is 0 Å². The van der Waals surface area contributed by atoms with Crippen LogP contribution in [0.4, 0.5) is 0 Å². The molecule has 39 heavy (non-hydrogen) atoms. The number of para-hydroxylation sites is 1. The number of aryl methyl sites for hydroxylation is 3. The van der Waals surface area contributed by atoms with Crippen LogP contribution in [-0.4, -0.2) is 21.1 Å². The molecule has 1 aliphatic carbocycles. The Morgan fingerprint density at radius 2 is 1.33 bits per heavy atom. The number of hydrogen-bond acceptors (Lipinski definition) is 4. The van der Waals surface area contributed by atoms with Gasteiger partial charge in [0.2, 0.25) is 5.89 Å². The fourth-order valence-electron chi connectivity index (χ4n) is 5.77. The van der Waals surface area contributed by atoms with Crippen molar-refractivity contribution >= 4 is 39.6 Å². The Hall–Kier alpha value is -5.03. The van der Waals surface area contributed by atoms with Crippen LogP contribution in [0, 0.1) is 20.8 Å². The first-order valence-electron chi connectivity index (χ1n) is 12.9. The van der Waals surface area contributed by atoms with Crippen molar-refractivity contribution in [3.8, 4) is 17.1 Å². The van der Waals surface area contributed by atoms with Crippen LogP contribution >= 0.6 is 0 Å². The molecule has 1 aliphatic rings. The summed E-state index contributed by atoms with van der Waals surface area (Å²) in [4.78, 5) is 31.8. The van der Waals surface area contributed by atoms with E-state index < -0.39 is 0 Å². The van der Waals surface area contributed by atoms with Gasteiger partial charge in [-0.15, -0.1) is 0 Å². The molecular weight excluding hydrogens is 484 g/mol. The molecule has 0 aliphatic heterocycles. The van der Waals surface area contributed by atoms with Gasteiger partial charge in [-0.1, -0.05) is 60.2 Å². The molecule has 7 rings (SSSR count). The second-order valence-corrected chi connectivity index (χ2v) is 10.2. The zero-order chi connectivity index (χ0) is 26.8. The summed E-state index contributed by atoms with van der Waals surface area (Å²) >= 11 is 0. The molecule has 5 nitrogen and oxygen atoms in total. The molecule has 0 N–H and O–H groups in total. The van der Waals surface area contributed by atoms with E-state index in [0.717, 1.165) is 33.2 Å². The quantitative estimate of drug-likeness (QED) is 0.181. The maximum atomic E-state index is 13.5. The van der Waals surface area contributed by atoms with Crippen LogP contribution in [0.15, 0.2) is 94.9 Å². The molecule has 0 unspecified atom stereocenters. The standard InChI is InChI=1S/C34H24N2O3/c1-19-13-20(2)30(21(3)14-19)34-35-33-29(39-34)18-25(36(33)24-11-5-4-6-12-24)17-28-31(37)26-15-22-9-7-8-10-23(22)16-27(26)32(28)38/h4-18H,1-3H3. The van der Waals surface area contributed by atoms with Crippen molar-refractivity contribution in [3.63, 3.8) is 0 Å². The number of Topliss-reactive ketones (excluding diaryl/α,β-unsaturated/α-hetero) is 2. The summed E-state index contributed by atoms with van der Waals surface area (Å²) in [6.07, 6.45) is 1.67. The first kappa shape index (κ1) is 23.1. The number of benzene rings is 4.